The number of rotatable bonds is 7. The Morgan fingerprint density at radius 2 is 1.74 bits per heavy atom. The van der Waals surface area contributed by atoms with E-state index in [9.17, 15) is 14.9 Å². The Kier molecular flexibility index (Phi) is 7.27. The molecule has 1 heterocycles. The predicted octanol–water partition coefficient (Wildman–Crippen LogP) is 6.04. The van der Waals surface area contributed by atoms with E-state index in [0.717, 1.165) is 11.1 Å². The summed E-state index contributed by atoms with van der Waals surface area (Å²) >= 11 is 3.68. The Labute approximate surface area is 234 Å². The van der Waals surface area contributed by atoms with Crippen LogP contribution in [-0.2, 0) is 16.1 Å². The number of hydrogen-bond acceptors (Lipinski definition) is 7. The normalized spacial score (nSPS) is 15.8. The molecule has 196 valence electrons. The first-order valence-electron chi connectivity index (χ1n) is 12.4. The van der Waals surface area contributed by atoms with E-state index in [-0.39, 0.29) is 12.4 Å². The van der Waals surface area contributed by atoms with E-state index in [0.29, 0.717) is 61.8 Å². The lowest BCUT2D eigenvalue weighted by molar-refractivity contribution is -0.136. The van der Waals surface area contributed by atoms with Crippen LogP contribution in [0.1, 0.15) is 52.4 Å². The summed E-state index contributed by atoms with van der Waals surface area (Å²) in [5.74, 6) is -0.472. The third kappa shape index (κ3) is 4.59. The van der Waals surface area contributed by atoms with E-state index >= 15 is 0 Å². The number of allylic oxidation sites excluding steroid dienone is 2. The molecule has 1 aliphatic heterocycles. The molecule has 0 aromatic heterocycles. The standard InChI is InChI=1S/C31H25BrN2O5/c1-4-38-24-13-22(23(32)14-25(24)39-16-19-10-6-5-9-18(19)15-33)27-26(31(36)37-3)17(2)34-29-20-11-7-8-12-21(20)30(35)28(27)29/h5-14,27,34H,4,16H2,1-3H3/t27-/m0/s1. The van der Waals surface area contributed by atoms with E-state index in [4.69, 9.17) is 14.2 Å². The summed E-state index contributed by atoms with van der Waals surface area (Å²) in [6, 6.07) is 20.4. The van der Waals surface area contributed by atoms with E-state index in [1.54, 1.807) is 37.3 Å². The van der Waals surface area contributed by atoms with E-state index in [1.807, 2.05) is 37.3 Å². The molecule has 0 saturated carbocycles. The number of nitriles is 1. The quantitative estimate of drug-likeness (QED) is 0.338. The number of ketones is 1. The molecule has 5 rings (SSSR count). The van der Waals surface area contributed by atoms with Crippen molar-refractivity contribution < 1.29 is 23.8 Å². The summed E-state index contributed by atoms with van der Waals surface area (Å²) in [6.07, 6.45) is 0. The van der Waals surface area contributed by atoms with Crippen molar-refractivity contribution in [3.8, 4) is 17.6 Å². The van der Waals surface area contributed by atoms with Gasteiger partial charge in [0, 0.05) is 32.4 Å². The van der Waals surface area contributed by atoms with E-state index in [2.05, 4.69) is 27.3 Å². The number of dihydropyridines is 1. The van der Waals surface area contributed by atoms with Crippen molar-refractivity contribution in [1.29, 1.82) is 5.26 Å². The van der Waals surface area contributed by atoms with Gasteiger partial charge in [-0.3, -0.25) is 4.79 Å². The van der Waals surface area contributed by atoms with Gasteiger partial charge in [-0.15, -0.1) is 0 Å². The molecular weight excluding hydrogens is 560 g/mol. The molecule has 1 atom stereocenters. The Hall–Kier alpha value is -4.35. The van der Waals surface area contributed by atoms with Crippen molar-refractivity contribution in [2.75, 3.05) is 13.7 Å². The van der Waals surface area contributed by atoms with Gasteiger partial charge in [0.15, 0.2) is 17.3 Å². The fourth-order valence-corrected chi connectivity index (χ4v) is 5.64. The van der Waals surface area contributed by atoms with E-state index in [1.165, 1.54) is 7.11 Å². The molecule has 0 saturated heterocycles. The average Bonchev–Trinajstić information content (AvgIpc) is 3.23. The molecule has 3 aromatic rings. The molecule has 8 heteroatoms. The zero-order chi connectivity index (χ0) is 27.7. The zero-order valence-corrected chi connectivity index (χ0v) is 23.2. The van der Waals surface area contributed by atoms with Crippen LogP contribution in [0.15, 0.2) is 82.0 Å². The molecule has 2 aliphatic rings. The largest absolute Gasteiger partial charge is 0.490 e. The smallest absolute Gasteiger partial charge is 0.336 e. The Balaban J connectivity index is 1.62. The minimum absolute atomic E-state index is 0.148. The fourth-order valence-electron chi connectivity index (χ4n) is 5.08. The third-order valence-electron chi connectivity index (χ3n) is 6.85. The zero-order valence-electron chi connectivity index (χ0n) is 21.6. The van der Waals surface area contributed by atoms with Crippen LogP contribution >= 0.6 is 15.9 Å². The van der Waals surface area contributed by atoms with E-state index < -0.39 is 11.9 Å². The lowest BCUT2D eigenvalue weighted by Gasteiger charge is -2.30. The first-order chi connectivity index (χ1) is 18.9. The number of nitrogens with zero attached hydrogens (tertiary/aromatic N) is 1. The Bertz CT molecular complexity index is 1620. The maximum absolute atomic E-state index is 13.7. The number of Topliss-reactive ketones (excluding diaryl/α,β-unsaturated/α-hetero) is 1. The number of hydrogen-bond donors (Lipinski definition) is 1. The summed E-state index contributed by atoms with van der Waals surface area (Å²) in [5, 5.41) is 12.7. The van der Waals surface area contributed by atoms with Gasteiger partial charge in [-0.25, -0.2) is 4.79 Å². The molecule has 0 spiro atoms. The molecule has 0 amide bonds. The van der Waals surface area contributed by atoms with Crippen molar-refractivity contribution in [3.05, 3.63) is 110 Å². The maximum atomic E-state index is 13.7. The summed E-state index contributed by atoms with van der Waals surface area (Å²) < 4.78 is 17.9. The van der Waals surface area contributed by atoms with Crippen LogP contribution in [0.2, 0.25) is 0 Å². The lowest BCUT2D eigenvalue weighted by atomic mass is 9.79. The molecule has 0 unspecified atom stereocenters. The lowest BCUT2D eigenvalue weighted by Crippen LogP contribution is -2.29. The molecule has 1 N–H and O–H groups in total. The SMILES string of the molecule is CCOc1cc([C@H]2C(C(=O)OC)=C(C)NC3=C2C(=O)c2ccccc23)c(Br)cc1OCc1ccccc1C#N. The van der Waals surface area contributed by atoms with Gasteiger partial charge in [-0.1, -0.05) is 58.4 Å². The number of fused-ring (bicyclic) bond motifs is 2. The van der Waals surface area contributed by atoms with Gasteiger partial charge in [-0.05, 0) is 37.6 Å². The number of methoxy groups -OCH3 is 1. The Morgan fingerprint density at radius 1 is 1.05 bits per heavy atom. The van der Waals surface area contributed by atoms with Gasteiger partial charge >= 0.3 is 5.97 Å². The van der Waals surface area contributed by atoms with Gasteiger partial charge in [0.05, 0.1) is 42.5 Å². The van der Waals surface area contributed by atoms with Crippen LogP contribution in [0, 0.1) is 11.3 Å². The number of halogens is 1. The first kappa shape index (κ1) is 26.3. The van der Waals surface area contributed by atoms with Crippen molar-refractivity contribution >= 4 is 33.4 Å². The van der Waals surface area contributed by atoms with Gasteiger partial charge in [0.1, 0.15) is 6.61 Å². The average molecular weight is 585 g/mol. The van der Waals surface area contributed by atoms with Crippen LogP contribution in [0.4, 0.5) is 0 Å². The highest BCUT2D eigenvalue weighted by Gasteiger charge is 2.43. The number of esters is 1. The van der Waals surface area contributed by atoms with Gasteiger partial charge in [-0.2, -0.15) is 5.26 Å². The second-order valence-electron chi connectivity index (χ2n) is 9.06. The maximum Gasteiger partial charge on any atom is 0.336 e. The minimum atomic E-state index is -0.712. The molecule has 1 aliphatic carbocycles. The number of benzene rings is 3. The molecule has 39 heavy (non-hydrogen) atoms. The minimum Gasteiger partial charge on any atom is -0.490 e. The topological polar surface area (TPSA) is 97.7 Å². The first-order valence-corrected chi connectivity index (χ1v) is 13.2. The van der Waals surface area contributed by atoms with Crippen molar-refractivity contribution in [2.24, 2.45) is 0 Å². The molecule has 0 radical (unpaired) electrons. The summed E-state index contributed by atoms with van der Waals surface area (Å²) in [7, 11) is 1.32. The predicted molar refractivity (Wildman–Crippen MR) is 149 cm³/mol. The van der Waals surface area contributed by atoms with Gasteiger partial charge in [0.25, 0.3) is 0 Å². The van der Waals surface area contributed by atoms with Crippen molar-refractivity contribution in [1.82, 2.24) is 5.32 Å². The van der Waals surface area contributed by atoms with Gasteiger partial charge < -0.3 is 19.5 Å². The number of carbonyl (C=O) groups is 2. The highest BCUT2D eigenvalue weighted by Crippen LogP contribution is 2.50. The van der Waals surface area contributed by atoms with Crippen LogP contribution in [0.25, 0.3) is 5.70 Å². The summed E-state index contributed by atoms with van der Waals surface area (Å²) in [5.41, 5.74) is 5.42. The monoisotopic (exact) mass is 584 g/mol. The third-order valence-corrected chi connectivity index (χ3v) is 7.54. The molecule has 0 fully saturated rings. The van der Waals surface area contributed by atoms with Crippen LogP contribution in [0.5, 0.6) is 11.5 Å². The van der Waals surface area contributed by atoms with Crippen molar-refractivity contribution in [3.63, 3.8) is 0 Å². The highest BCUT2D eigenvalue weighted by atomic mass is 79.9. The fraction of sp³-hybridized carbons (Fsp3) is 0.194. The second kappa shape index (κ2) is 10.8. The van der Waals surface area contributed by atoms with Crippen LogP contribution in [-0.4, -0.2) is 25.5 Å². The van der Waals surface area contributed by atoms with Gasteiger partial charge in [0.2, 0.25) is 0 Å². The summed E-state index contributed by atoms with van der Waals surface area (Å²) in [4.78, 5) is 26.8. The van der Waals surface area contributed by atoms with Crippen LogP contribution < -0.4 is 14.8 Å². The second-order valence-corrected chi connectivity index (χ2v) is 9.92. The number of ether oxygens (including phenoxy) is 3. The van der Waals surface area contributed by atoms with Crippen LogP contribution in [0.3, 0.4) is 0 Å². The summed E-state index contributed by atoms with van der Waals surface area (Å²) in [6.45, 7) is 4.20. The molecular formula is C31H25BrN2O5. The number of carbonyl (C=O) groups excluding carboxylic acids is 2. The van der Waals surface area contributed by atoms with Crippen molar-refractivity contribution in [2.45, 2.75) is 26.4 Å². The number of nitrogens with one attached hydrogen (secondary N) is 1. The molecule has 0 bridgehead atoms. The Morgan fingerprint density at radius 3 is 2.46 bits per heavy atom. The molecule has 7 nitrogen and oxygen atoms in total. The highest BCUT2D eigenvalue weighted by molar-refractivity contribution is 9.10. The molecule has 3 aromatic carbocycles.